The molecule has 0 radical (unpaired) electrons. The van der Waals surface area contributed by atoms with Crippen molar-refractivity contribution in [3.8, 4) is 0 Å². The van der Waals surface area contributed by atoms with Crippen molar-refractivity contribution in [2.75, 3.05) is 39.3 Å². The lowest BCUT2D eigenvalue weighted by Gasteiger charge is -2.36. The number of amides is 2. The molecular formula is C24H34ClN3O2. The number of imide groups is 1. The monoisotopic (exact) mass is 431 g/mol. The molecule has 0 saturated carbocycles. The first kappa shape index (κ1) is 22.8. The molecule has 0 bridgehead atoms. The highest BCUT2D eigenvalue weighted by atomic mass is 35.5. The van der Waals surface area contributed by atoms with E-state index in [1.807, 2.05) is 12.1 Å². The minimum absolute atomic E-state index is 0.136. The molecule has 2 heterocycles. The summed E-state index contributed by atoms with van der Waals surface area (Å²) >= 11 is 6.06. The van der Waals surface area contributed by atoms with Gasteiger partial charge in [0.15, 0.2) is 0 Å². The molecule has 164 valence electrons. The Labute approximate surface area is 185 Å². The van der Waals surface area contributed by atoms with E-state index in [0.29, 0.717) is 22.8 Å². The Hall–Kier alpha value is -1.85. The average molecular weight is 432 g/mol. The fourth-order valence-corrected chi connectivity index (χ4v) is 4.40. The van der Waals surface area contributed by atoms with Gasteiger partial charge in [0, 0.05) is 37.7 Å². The summed E-state index contributed by atoms with van der Waals surface area (Å²) in [6, 6.07) is 7.26. The predicted octanol–water partition coefficient (Wildman–Crippen LogP) is 4.42. The van der Waals surface area contributed by atoms with Gasteiger partial charge < -0.3 is 9.80 Å². The maximum atomic E-state index is 13.3. The summed E-state index contributed by atoms with van der Waals surface area (Å²) in [5, 5.41) is 0.623. The van der Waals surface area contributed by atoms with Gasteiger partial charge in [0.1, 0.15) is 5.70 Å². The minimum atomic E-state index is -0.163. The number of nitrogens with zero attached hydrogens (tertiary/aromatic N) is 3. The Morgan fingerprint density at radius 1 is 0.833 bits per heavy atom. The number of unbranched alkanes of at least 4 members (excludes halogenated alkanes) is 5. The van der Waals surface area contributed by atoms with Crippen molar-refractivity contribution in [2.24, 2.45) is 0 Å². The third-order valence-electron chi connectivity index (χ3n) is 6.15. The van der Waals surface area contributed by atoms with E-state index in [-0.39, 0.29) is 11.8 Å². The lowest BCUT2D eigenvalue weighted by molar-refractivity contribution is -0.137. The molecule has 1 fully saturated rings. The van der Waals surface area contributed by atoms with Gasteiger partial charge in [-0.05, 0) is 30.7 Å². The van der Waals surface area contributed by atoms with Crippen molar-refractivity contribution >= 4 is 29.0 Å². The molecule has 0 spiro atoms. The van der Waals surface area contributed by atoms with Crippen molar-refractivity contribution in [3.63, 3.8) is 0 Å². The second-order valence-corrected chi connectivity index (χ2v) is 8.62. The van der Waals surface area contributed by atoms with E-state index < -0.39 is 0 Å². The van der Waals surface area contributed by atoms with Crippen LogP contribution >= 0.6 is 11.6 Å². The first-order chi connectivity index (χ1) is 14.6. The SMILES string of the molecule is CCCCCCCCN1C(=O)C(c2ccc(Cl)cc2)=C(N2CCN(CC)CC2)C1=O. The van der Waals surface area contributed by atoms with Gasteiger partial charge in [0.25, 0.3) is 11.8 Å². The molecule has 0 aliphatic carbocycles. The molecule has 2 amide bonds. The topological polar surface area (TPSA) is 43.9 Å². The summed E-state index contributed by atoms with van der Waals surface area (Å²) in [4.78, 5) is 32.6. The van der Waals surface area contributed by atoms with Crippen LogP contribution in [0.15, 0.2) is 30.0 Å². The second-order valence-electron chi connectivity index (χ2n) is 8.18. The third kappa shape index (κ3) is 5.25. The quantitative estimate of drug-likeness (QED) is 0.406. The first-order valence-electron chi connectivity index (χ1n) is 11.4. The van der Waals surface area contributed by atoms with E-state index in [4.69, 9.17) is 11.6 Å². The number of hydrogen-bond acceptors (Lipinski definition) is 4. The van der Waals surface area contributed by atoms with E-state index in [9.17, 15) is 9.59 Å². The predicted molar refractivity (Wildman–Crippen MR) is 122 cm³/mol. The van der Waals surface area contributed by atoms with E-state index in [1.165, 1.54) is 24.2 Å². The van der Waals surface area contributed by atoms with Crippen molar-refractivity contribution in [1.82, 2.24) is 14.7 Å². The number of piperazine rings is 1. The zero-order chi connectivity index (χ0) is 21.5. The highest BCUT2D eigenvalue weighted by Gasteiger charge is 2.41. The van der Waals surface area contributed by atoms with Crippen LogP contribution in [0.4, 0.5) is 0 Å². The number of halogens is 1. The Balaban J connectivity index is 1.78. The van der Waals surface area contributed by atoms with Crippen LogP contribution in [0.3, 0.4) is 0 Å². The Bertz CT molecular complexity index is 767. The van der Waals surface area contributed by atoms with Crippen LogP contribution in [0.1, 0.15) is 57.9 Å². The Kier molecular flexibility index (Phi) is 8.34. The maximum absolute atomic E-state index is 13.3. The summed E-state index contributed by atoms with van der Waals surface area (Å²) in [5.74, 6) is -0.299. The lowest BCUT2D eigenvalue weighted by atomic mass is 10.0. The van der Waals surface area contributed by atoms with E-state index in [1.54, 1.807) is 12.1 Å². The molecule has 6 heteroatoms. The molecule has 30 heavy (non-hydrogen) atoms. The first-order valence-corrected chi connectivity index (χ1v) is 11.8. The van der Waals surface area contributed by atoms with Crippen LogP contribution < -0.4 is 0 Å². The smallest absolute Gasteiger partial charge is 0.277 e. The number of hydrogen-bond donors (Lipinski definition) is 0. The molecule has 0 atom stereocenters. The molecule has 2 aliphatic heterocycles. The number of carbonyl (C=O) groups excluding carboxylic acids is 2. The van der Waals surface area contributed by atoms with Gasteiger partial charge in [0.2, 0.25) is 0 Å². The zero-order valence-corrected chi connectivity index (χ0v) is 19.1. The van der Waals surface area contributed by atoms with E-state index in [0.717, 1.165) is 57.5 Å². The summed E-state index contributed by atoms with van der Waals surface area (Å²) in [7, 11) is 0. The molecule has 1 aromatic rings. The molecule has 1 saturated heterocycles. The number of carbonyl (C=O) groups is 2. The molecule has 2 aliphatic rings. The van der Waals surface area contributed by atoms with Crippen molar-refractivity contribution in [1.29, 1.82) is 0 Å². The Morgan fingerprint density at radius 2 is 1.47 bits per heavy atom. The highest BCUT2D eigenvalue weighted by molar-refractivity contribution is 6.36. The van der Waals surface area contributed by atoms with Crippen LogP contribution in [0.25, 0.3) is 5.57 Å². The highest BCUT2D eigenvalue weighted by Crippen LogP contribution is 2.33. The molecule has 0 aromatic heterocycles. The van der Waals surface area contributed by atoms with Crippen LogP contribution in [-0.4, -0.2) is 65.8 Å². The number of rotatable bonds is 10. The molecule has 3 rings (SSSR count). The third-order valence-corrected chi connectivity index (χ3v) is 6.40. The summed E-state index contributed by atoms with van der Waals surface area (Å²) in [6.45, 7) is 9.22. The molecule has 0 N–H and O–H groups in total. The lowest BCUT2D eigenvalue weighted by Crippen LogP contribution is -2.47. The van der Waals surface area contributed by atoms with Crippen LogP contribution in [-0.2, 0) is 9.59 Å². The Morgan fingerprint density at radius 3 is 2.10 bits per heavy atom. The van der Waals surface area contributed by atoms with Crippen molar-refractivity contribution in [2.45, 2.75) is 52.4 Å². The number of benzene rings is 1. The largest absolute Gasteiger partial charge is 0.364 e. The van der Waals surface area contributed by atoms with Gasteiger partial charge >= 0.3 is 0 Å². The zero-order valence-electron chi connectivity index (χ0n) is 18.3. The summed E-state index contributed by atoms with van der Waals surface area (Å²) < 4.78 is 0. The normalized spacial score (nSPS) is 18.1. The molecule has 0 unspecified atom stereocenters. The molecule has 5 nitrogen and oxygen atoms in total. The molecular weight excluding hydrogens is 398 g/mol. The van der Waals surface area contributed by atoms with Crippen LogP contribution in [0, 0.1) is 0 Å². The summed E-state index contributed by atoms with van der Waals surface area (Å²) in [5.41, 5.74) is 1.88. The van der Waals surface area contributed by atoms with Crippen molar-refractivity contribution in [3.05, 3.63) is 40.5 Å². The summed E-state index contributed by atoms with van der Waals surface area (Å²) in [6.07, 6.45) is 6.76. The number of likely N-dealkylation sites (N-methyl/N-ethyl adjacent to an activating group) is 1. The van der Waals surface area contributed by atoms with E-state index in [2.05, 4.69) is 23.6 Å². The van der Waals surface area contributed by atoms with Gasteiger partial charge in [-0.15, -0.1) is 0 Å². The van der Waals surface area contributed by atoms with Gasteiger partial charge in [-0.1, -0.05) is 69.7 Å². The van der Waals surface area contributed by atoms with Crippen LogP contribution in [0.5, 0.6) is 0 Å². The minimum Gasteiger partial charge on any atom is -0.364 e. The second kappa shape index (κ2) is 11.0. The van der Waals surface area contributed by atoms with Crippen LogP contribution in [0.2, 0.25) is 5.02 Å². The van der Waals surface area contributed by atoms with Gasteiger partial charge in [-0.3, -0.25) is 14.5 Å². The van der Waals surface area contributed by atoms with Crippen molar-refractivity contribution < 1.29 is 9.59 Å². The van der Waals surface area contributed by atoms with Gasteiger partial charge in [-0.25, -0.2) is 0 Å². The van der Waals surface area contributed by atoms with E-state index >= 15 is 0 Å². The van der Waals surface area contributed by atoms with Gasteiger partial charge in [-0.2, -0.15) is 0 Å². The fourth-order valence-electron chi connectivity index (χ4n) is 4.27. The average Bonchev–Trinajstić information content (AvgIpc) is 3.01. The maximum Gasteiger partial charge on any atom is 0.277 e. The molecule has 1 aromatic carbocycles. The standard InChI is InChI=1S/C24H34ClN3O2/c1-3-5-6-7-8-9-14-28-23(29)21(19-10-12-20(25)13-11-19)22(24(28)30)27-17-15-26(4-2)16-18-27/h10-13H,3-9,14-18H2,1-2H3. The van der Waals surface area contributed by atoms with Gasteiger partial charge in [0.05, 0.1) is 5.57 Å². The fraction of sp³-hybridized carbons (Fsp3) is 0.583.